The smallest absolute Gasteiger partial charge is 0.216 e. The van der Waals surface area contributed by atoms with Crippen LogP contribution < -0.4 is 10.6 Å². The summed E-state index contributed by atoms with van der Waals surface area (Å²) in [4.78, 5) is 14.5. The van der Waals surface area contributed by atoms with Crippen molar-refractivity contribution in [2.24, 2.45) is 0 Å². The fourth-order valence-electron chi connectivity index (χ4n) is 1.01. The molecule has 5 heteroatoms. The quantitative estimate of drug-likeness (QED) is 0.700. The molecular weight excluding hydrogens is 192 g/mol. The lowest BCUT2D eigenvalue weighted by atomic mass is 10.3. The Bertz CT molecular complexity index is 366. The van der Waals surface area contributed by atoms with Crippen molar-refractivity contribution < 1.29 is 4.79 Å². The van der Waals surface area contributed by atoms with Crippen molar-refractivity contribution in [3.63, 3.8) is 0 Å². The number of carbonyl (C=O) groups excluding carboxylic acids is 1. The fourth-order valence-corrected chi connectivity index (χ4v) is 1.01. The Kier molecular flexibility index (Phi) is 4.10. The molecule has 0 atom stereocenters. The van der Waals surface area contributed by atoms with Gasteiger partial charge in [-0.1, -0.05) is 0 Å². The molecule has 1 heterocycles. The topological polar surface area (TPSA) is 77.8 Å². The number of nitriles is 1. The van der Waals surface area contributed by atoms with Crippen molar-refractivity contribution in [3.8, 4) is 6.07 Å². The maximum Gasteiger partial charge on any atom is 0.216 e. The molecule has 1 amide bonds. The Labute approximate surface area is 88.1 Å². The van der Waals surface area contributed by atoms with Crippen LogP contribution in [0.4, 0.5) is 5.69 Å². The van der Waals surface area contributed by atoms with Crippen LogP contribution >= 0.6 is 0 Å². The van der Waals surface area contributed by atoms with Gasteiger partial charge in [0.15, 0.2) is 0 Å². The van der Waals surface area contributed by atoms with E-state index in [0.29, 0.717) is 18.8 Å². The van der Waals surface area contributed by atoms with E-state index in [1.54, 1.807) is 18.3 Å². The van der Waals surface area contributed by atoms with Crippen LogP contribution in [0, 0.1) is 11.3 Å². The third-order valence-corrected chi connectivity index (χ3v) is 1.71. The molecule has 0 aliphatic heterocycles. The summed E-state index contributed by atoms with van der Waals surface area (Å²) in [5, 5.41) is 14.3. The van der Waals surface area contributed by atoms with E-state index >= 15 is 0 Å². The molecule has 0 saturated heterocycles. The lowest BCUT2D eigenvalue weighted by Crippen LogP contribution is -2.26. The van der Waals surface area contributed by atoms with E-state index < -0.39 is 0 Å². The molecule has 5 nitrogen and oxygen atoms in total. The molecule has 0 saturated carbocycles. The van der Waals surface area contributed by atoms with Crippen LogP contribution in [0.2, 0.25) is 0 Å². The molecule has 78 valence electrons. The summed E-state index contributed by atoms with van der Waals surface area (Å²) in [7, 11) is 0. The molecule has 0 bridgehead atoms. The first kappa shape index (κ1) is 11.0. The Hall–Kier alpha value is -2.09. The third-order valence-electron chi connectivity index (χ3n) is 1.71. The summed E-state index contributed by atoms with van der Waals surface area (Å²) in [5.41, 5.74) is 1.22. The van der Waals surface area contributed by atoms with Crippen LogP contribution in [0.1, 0.15) is 12.6 Å². The van der Waals surface area contributed by atoms with E-state index in [-0.39, 0.29) is 5.91 Å². The summed E-state index contributed by atoms with van der Waals surface area (Å²) in [6.07, 6.45) is 1.59. The van der Waals surface area contributed by atoms with Gasteiger partial charge in [0.1, 0.15) is 11.8 Å². The molecule has 1 aromatic rings. The van der Waals surface area contributed by atoms with Gasteiger partial charge in [0, 0.05) is 20.0 Å². The van der Waals surface area contributed by atoms with Gasteiger partial charge in [-0.25, -0.2) is 4.98 Å². The Morgan fingerprint density at radius 3 is 2.87 bits per heavy atom. The number of carbonyl (C=O) groups is 1. The second-order valence-corrected chi connectivity index (χ2v) is 2.95. The number of rotatable bonds is 4. The number of amides is 1. The zero-order valence-electron chi connectivity index (χ0n) is 8.45. The maximum absolute atomic E-state index is 10.6. The molecule has 0 aliphatic rings. The van der Waals surface area contributed by atoms with Crippen molar-refractivity contribution in [2.75, 3.05) is 18.4 Å². The van der Waals surface area contributed by atoms with Crippen LogP contribution in [-0.4, -0.2) is 24.0 Å². The molecule has 0 aliphatic carbocycles. The van der Waals surface area contributed by atoms with Gasteiger partial charge in [-0.2, -0.15) is 5.26 Å². The first-order valence-corrected chi connectivity index (χ1v) is 4.57. The number of anilines is 1. The zero-order valence-corrected chi connectivity index (χ0v) is 8.45. The third kappa shape index (κ3) is 4.09. The highest BCUT2D eigenvalue weighted by molar-refractivity contribution is 5.72. The van der Waals surface area contributed by atoms with Gasteiger partial charge in [-0.15, -0.1) is 0 Å². The Morgan fingerprint density at radius 1 is 1.53 bits per heavy atom. The van der Waals surface area contributed by atoms with E-state index in [9.17, 15) is 4.79 Å². The van der Waals surface area contributed by atoms with Crippen molar-refractivity contribution in [1.29, 1.82) is 5.26 Å². The number of aromatic nitrogens is 1. The number of hydrogen-bond donors (Lipinski definition) is 2. The van der Waals surface area contributed by atoms with Crippen LogP contribution in [0.15, 0.2) is 18.3 Å². The number of nitrogens with zero attached hydrogens (tertiary/aromatic N) is 2. The SMILES string of the molecule is CC(=O)NCCNc1ccc(C#N)nc1. The average molecular weight is 204 g/mol. The van der Waals surface area contributed by atoms with Gasteiger partial charge in [0.2, 0.25) is 5.91 Å². The fraction of sp³-hybridized carbons (Fsp3) is 0.300. The zero-order chi connectivity index (χ0) is 11.1. The Balaban J connectivity index is 2.32. The summed E-state index contributed by atoms with van der Waals surface area (Å²) < 4.78 is 0. The average Bonchev–Trinajstić information content (AvgIpc) is 2.25. The maximum atomic E-state index is 10.6. The number of hydrogen-bond acceptors (Lipinski definition) is 4. The first-order chi connectivity index (χ1) is 7.22. The van der Waals surface area contributed by atoms with Crippen molar-refractivity contribution in [1.82, 2.24) is 10.3 Å². The normalized spacial score (nSPS) is 9.07. The summed E-state index contributed by atoms with van der Waals surface area (Å²) in [5.74, 6) is -0.0465. The molecule has 0 fully saturated rings. The molecule has 1 aromatic heterocycles. The summed E-state index contributed by atoms with van der Waals surface area (Å²) in [6.45, 7) is 2.67. The van der Waals surface area contributed by atoms with Crippen LogP contribution in [0.25, 0.3) is 0 Å². The number of pyridine rings is 1. The van der Waals surface area contributed by atoms with Crippen LogP contribution in [0.5, 0.6) is 0 Å². The highest BCUT2D eigenvalue weighted by Crippen LogP contribution is 2.04. The van der Waals surface area contributed by atoms with Crippen LogP contribution in [-0.2, 0) is 4.79 Å². The van der Waals surface area contributed by atoms with E-state index in [4.69, 9.17) is 5.26 Å². The van der Waals surface area contributed by atoms with Gasteiger partial charge in [0.25, 0.3) is 0 Å². The Morgan fingerprint density at radius 2 is 2.33 bits per heavy atom. The summed E-state index contributed by atoms with van der Waals surface area (Å²) >= 11 is 0. The van der Waals surface area contributed by atoms with E-state index in [0.717, 1.165) is 5.69 Å². The molecule has 1 rings (SSSR count). The standard InChI is InChI=1S/C10H12N4O/c1-8(15)12-4-5-13-10-3-2-9(6-11)14-7-10/h2-3,7,13H,4-5H2,1H3,(H,12,15). The number of nitrogens with one attached hydrogen (secondary N) is 2. The molecule has 0 aromatic carbocycles. The first-order valence-electron chi connectivity index (χ1n) is 4.57. The molecular formula is C10H12N4O. The second kappa shape index (κ2) is 5.60. The molecule has 15 heavy (non-hydrogen) atoms. The highest BCUT2D eigenvalue weighted by Gasteiger charge is 1.94. The molecule has 0 spiro atoms. The predicted octanol–water partition coefficient (Wildman–Crippen LogP) is 0.501. The van der Waals surface area contributed by atoms with Gasteiger partial charge in [0.05, 0.1) is 11.9 Å². The highest BCUT2D eigenvalue weighted by atomic mass is 16.1. The van der Waals surface area contributed by atoms with E-state index in [2.05, 4.69) is 15.6 Å². The molecule has 2 N–H and O–H groups in total. The van der Waals surface area contributed by atoms with Crippen molar-refractivity contribution in [2.45, 2.75) is 6.92 Å². The van der Waals surface area contributed by atoms with Gasteiger partial charge in [-0.05, 0) is 12.1 Å². The van der Waals surface area contributed by atoms with Gasteiger partial charge < -0.3 is 10.6 Å². The lowest BCUT2D eigenvalue weighted by Gasteiger charge is -2.05. The summed E-state index contributed by atoms with van der Waals surface area (Å²) in [6, 6.07) is 5.36. The lowest BCUT2D eigenvalue weighted by molar-refractivity contribution is -0.118. The largest absolute Gasteiger partial charge is 0.382 e. The minimum Gasteiger partial charge on any atom is -0.382 e. The van der Waals surface area contributed by atoms with Gasteiger partial charge in [-0.3, -0.25) is 4.79 Å². The molecule has 0 unspecified atom stereocenters. The van der Waals surface area contributed by atoms with Crippen molar-refractivity contribution >= 4 is 11.6 Å². The predicted molar refractivity (Wildman–Crippen MR) is 56.1 cm³/mol. The minimum absolute atomic E-state index is 0.0465. The second-order valence-electron chi connectivity index (χ2n) is 2.95. The van der Waals surface area contributed by atoms with E-state index in [1.165, 1.54) is 6.92 Å². The van der Waals surface area contributed by atoms with E-state index in [1.807, 2.05) is 6.07 Å². The van der Waals surface area contributed by atoms with Crippen LogP contribution in [0.3, 0.4) is 0 Å². The monoisotopic (exact) mass is 204 g/mol. The minimum atomic E-state index is -0.0465. The van der Waals surface area contributed by atoms with Crippen molar-refractivity contribution in [3.05, 3.63) is 24.0 Å². The molecule has 0 radical (unpaired) electrons. The van der Waals surface area contributed by atoms with Gasteiger partial charge >= 0.3 is 0 Å².